The first-order chi connectivity index (χ1) is 10.5. The highest BCUT2D eigenvalue weighted by molar-refractivity contribution is 9.10. The summed E-state index contributed by atoms with van der Waals surface area (Å²) >= 11 is 5.01. The van der Waals surface area contributed by atoms with Gasteiger partial charge in [0.1, 0.15) is 0 Å². The van der Waals surface area contributed by atoms with Crippen LogP contribution >= 0.6 is 27.3 Å². The molecule has 2 N–H and O–H groups in total. The van der Waals surface area contributed by atoms with E-state index in [9.17, 15) is 9.59 Å². The smallest absolute Gasteiger partial charge is 0.243 e. The van der Waals surface area contributed by atoms with Crippen molar-refractivity contribution in [2.75, 3.05) is 11.9 Å². The van der Waals surface area contributed by atoms with E-state index in [0.717, 1.165) is 15.7 Å². The monoisotopic (exact) mass is 380 g/mol. The molecule has 0 aliphatic heterocycles. The molecule has 2 rings (SSSR count). The van der Waals surface area contributed by atoms with Gasteiger partial charge in [-0.1, -0.05) is 22.0 Å². The molecule has 0 aliphatic rings. The van der Waals surface area contributed by atoms with Gasteiger partial charge in [-0.05, 0) is 48.6 Å². The number of anilines is 1. The second-order valence-electron chi connectivity index (χ2n) is 4.86. The highest BCUT2D eigenvalue weighted by Crippen LogP contribution is 2.19. The summed E-state index contributed by atoms with van der Waals surface area (Å²) in [6, 6.07) is 9.58. The number of aryl methyl sites for hydroxylation is 2. The van der Waals surface area contributed by atoms with Crippen molar-refractivity contribution < 1.29 is 9.59 Å². The van der Waals surface area contributed by atoms with Crippen molar-refractivity contribution in [2.45, 2.75) is 19.8 Å². The molecule has 1 aromatic carbocycles. The van der Waals surface area contributed by atoms with Gasteiger partial charge in [-0.2, -0.15) is 0 Å². The standard InChI is InChI=1S/C16H17BrN2O2S/c1-11-9-12(17)4-6-14(11)19-16(21)10-18-15(20)7-5-13-3-2-8-22-13/h2-4,6,8-9H,5,7,10H2,1H3,(H,18,20)(H,19,21). The maximum atomic E-state index is 11.9. The Hall–Kier alpha value is -1.66. The molecule has 6 heteroatoms. The Labute approximate surface area is 142 Å². The summed E-state index contributed by atoms with van der Waals surface area (Å²) in [5.41, 5.74) is 1.72. The Morgan fingerprint density at radius 2 is 2.05 bits per heavy atom. The molecule has 0 unspecified atom stereocenters. The number of hydrogen-bond acceptors (Lipinski definition) is 3. The van der Waals surface area contributed by atoms with Gasteiger partial charge in [-0.3, -0.25) is 9.59 Å². The average molecular weight is 381 g/mol. The van der Waals surface area contributed by atoms with Crippen LogP contribution in [0.5, 0.6) is 0 Å². The molecular formula is C16H17BrN2O2S. The lowest BCUT2D eigenvalue weighted by Crippen LogP contribution is -2.33. The SMILES string of the molecule is Cc1cc(Br)ccc1NC(=O)CNC(=O)CCc1cccs1. The van der Waals surface area contributed by atoms with Crippen molar-refractivity contribution in [3.05, 3.63) is 50.6 Å². The van der Waals surface area contributed by atoms with E-state index in [0.29, 0.717) is 12.8 Å². The fourth-order valence-electron chi connectivity index (χ4n) is 1.92. The predicted molar refractivity (Wildman–Crippen MR) is 93.2 cm³/mol. The van der Waals surface area contributed by atoms with Crippen molar-refractivity contribution in [2.24, 2.45) is 0 Å². The van der Waals surface area contributed by atoms with Crippen LogP contribution in [-0.4, -0.2) is 18.4 Å². The lowest BCUT2D eigenvalue weighted by Gasteiger charge is -2.09. The molecule has 2 aromatic rings. The van der Waals surface area contributed by atoms with Crippen LogP contribution in [0.2, 0.25) is 0 Å². The zero-order valence-electron chi connectivity index (χ0n) is 12.2. The molecule has 0 radical (unpaired) electrons. The van der Waals surface area contributed by atoms with Crippen molar-refractivity contribution in [1.82, 2.24) is 5.32 Å². The maximum absolute atomic E-state index is 11.9. The molecule has 0 aliphatic carbocycles. The minimum absolute atomic E-state index is 0.0151. The van der Waals surface area contributed by atoms with E-state index < -0.39 is 0 Å². The zero-order valence-corrected chi connectivity index (χ0v) is 14.6. The lowest BCUT2D eigenvalue weighted by atomic mass is 10.2. The highest BCUT2D eigenvalue weighted by atomic mass is 79.9. The van der Waals surface area contributed by atoms with Crippen molar-refractivity contribution >= 4 is 44.8 Å². The lowest BCUT2D eigenvalue weighted by molar-refractivity contribution is -0.124. The Kier molecular flexibility index (Phi) is 6.15. The van der Waals surface area contributed by atoms with Crippen LogP contribution < -0.4 is 10.6 Å². The van der Waals surface area contributed by atoms with Crippen molar-refractivity contribution in [3.8, 4) is 0 Å². The van der Waals surface area contributed by atoms with Crippen LogP contribution in [-0.2, 0) is 16.0 Å². The van der Waals surface area contributed by atoms with Crippen LogP contribution in [0.25, 0.3) is 0 Å². The summed E-state index contributed by atoms with van der Waals surface area (Å²) < 4.78 is 0.963. The van der Waals surface area contributed by atoms with E-state index in [4.69, 9.17) is 0 Å². The van der Waals surface area contributed by atoms with Crippen LogP contribution in [0.15, 0.2) is 40.2 Å². The average Bonchev–Trinajstić information content (AvgIpc) is 2.99. The summed E-state index contributed by atoms with van der Waals surface area (Å²) in [5, 5.41) is 7.42. The zero-order chi connectivity index (χ0) is 15.9. The van der Waals surface area contributed by atoms with Gasteiger partial charge in [0, 0.05) is 21.5 Å². The summed E-state index contributed by atoms with van der Waals surface area (Å²) in [7, 11) is 0. The first kappa shape index (κ1) is 16.7. The molecule has 1 heterocycles. The van der Waals surface area contributed by atoms with E-state index in [-0.39, 0.29) is 18.4 Å². The molecule has 0 saturated carbocycles. The van der Waals surface area contributed by atoms with Gasteiger partial charge in [-0.25, -0.2) is 0 Å². The minimum Gasteiger partial charge on any atom is -0.347 e. The summed E-state index contributed by atoms with van der Waals surface area (Å²) in [6.45, 7) is 1.90. The molecule has 22 heavy (non-hydrogen) atoms. The first-order valence-corrected chi connectivity index (χ1v) is 8.57. The van der Waals surface area contributed by atoms with Gasteiger partial charge < -0.3 is 10.6 Å². The van der Waals surface area contributed by atoms with E-state index in [1.807, 2.05) is 42.6 Å². The number of carbonyl (C=O) groups excluding carboxylic acids is 2. The molecule has 4 nitrogen and oxygen atoms in total. The molecular weight excluding hydrogens is 364 g/mol. The number of nitrogens with one attached hydrogen (secondary N) is 2. The Morgan fingerprint density at radius 3 is 2.73 bits per heavy atom. The third-order valence-electron chi connectivity index (χ3n) is 3.09. The summed E-state index contributed by atoms with van der Waals surface area (Å²) in [6.07, 6.45) is 1.10. The minimum atomic E-state index is -0.227. The largest absolute Gasteiger partial charge is 0.347 e. The fourth-order valence-corrected chi connectivity index (χ4v) is 3.11. The van der Waals surface area contributed by atoms with Crippen molar-refractivity contribution in [1.29, 1.82) is 0 Å². The molecule has 0 bridgehead atoms. The van der Waals surface area contributed by atoms with E-state index in [1.165, 1.54) is 4.88 Å². The Bertz CT molecular complexity index is 656. The third kappa shape index (κ3) is 5.27. The second-order valence-corrected chi connectivity index (χ2v) is 6.81. The van der Waals surface area contributed by atoms with E-state index in [2.05, 4.69) is 26.6 Å². The van der Waals surface area contributed by atoms with E-state index >= 15 is 0 Å². The maximum Gasteiger partial charge on any atom is 0.243 e. The number of hydrogen-bond donors (Lipinski definition) is 2. The fraction of sp³-hybridized carbons (Fsp3) is 0.250. The molecule has 2 amide bonds. The van der Waals surface area contributed by atoms with Crippen LogP contribution in [0, 0.1) is 6.92 Å². The molecule has 0 fully saturated rings. The number of thiophene rings is 1. The number of carbonyl (C=O) groups is 2. The van der Waals surface area contributed by atoms with Crippen LogP contribution in [0.3, 0.4) is 0 Å². The Morgan fingerprint density at radius 1 is 1.23 bits per heavy atom. The van der Waals surface area contributed by atoms with Crippen LogP contribution in [0.1, 0.15) is 16.9 Å². The third-order valence-corrected chi connectivity index (χ3v) is 4.52. The van der Waals surface area contributed by atoms with Gasteiger partial charge in [0.25, 0.3) is 0 Å². The van der Waals surface area contributed by atoms with Gasteiger partial charge in [0.15, 0.2) is 0 Å². The normalized spacial score (nSPS) is 10.3. The summed E-state index contributed by atoms with van der Waals surface area (Å²) in [5.74, 6) is -0.342. The van der Waals surface area contributed by atoms with Crippen molar-refractivity contribution in [3.63, 3.8) is 0 Å². The Balaban J connectivity index is 1.74. The number of rotatable bonds is 6. The molecule has 0 saturated heterocycles. The molecule has 1 aromatic heterocycles. The predicted octanol–water partition coefficient (Wildman–Crippen LogP) is 3.51. The van der Waals surface area contributed by atoms with Gasteiger partial charge in [0.05, 0.1) is 6.54 Å². The second kappa shape index (κ2) is 8.10. The topological polar surface area (TPSA) is 58.2 Å². The van der Waals surface area contributed by atoms with Gasteiger partial charge in [-0.15, -0.1) is 11.3 Å². The number of halogens is 1. The highest BCUT2D eigenvalue weighted by Gasteiger charge is 2.08. The molecule has 0 spiro atoms. The number of benzene rings is 1. The first-order valence-electron chi connectivity index (χ1n) is 6.89. The number of amides is 2. The van der Waals surface area contributed by atoms with Crippen LogP contribution in [0.4, 0.5) is 5.69 Å². The van der Waals surface area contributed by atoms with Gasteiger partial charge in [0.2, 0.25) is 11.8 Å². The summed E-state index contributed by atoms with van der Waals surface area (Å²) in [4.78, 5) is 24.7. The molecule has 0 atom stereocenters. The van der Waals surface area contributed by atoms with Gasteiger partial charge >= 0.3 is 0 Å². The molecule has 116 valence electrons. The van der Waals surface area contributed by atoms with E-state index in [1.54, 1.807) is 11.3 Å². The quantitative estimate of drug-likeness (QED) is 0.805.